The molecule has 24 heavy (non-hydrogen) atoms. The lowest BCUT2D eigenvalue weighted by Gasteiger charge is -2.39. The van der Waals surface area contributed by atoms with Crippen LogP contribution < -0.4 is 5.32 Å². The minimum absolute atomic E-state index is 0.117. The SMILES string of the molecule is COC(=O)C1NC(=O)C1N(OC(=O)CCl)C(=O)Cc1ccccc1. The number of benzene rings is 1. The second-order valence-corrected chi connectivity index (χ2v) is 5.20. The van der Waals surface area contributed by atoms with Gasteiger partial charge in [-0.15, -0.1) is 11.6 Å². The number of halogens is 1. The molecule has 0 spiro atoms. The first-order valence-electron chi connectivity index (χ1n) is 6.99. The van der Waals surface area contributed by atoms with Crippen LogP contribution in [0, 0.1) is 0 Å². The zero-order chi connectivity index (χ0) is 17.7. The normalized spacial score (nSPS) is 18.8. The average Bonchev–Trinajstić information content (AvgIpc) is 2.58. The minimum atomic E-state index is -1.29. The second-order valence-electron chi connectivity index (χ2n) is 4.93. The highest BCUT2D eigenvalue weighted by molar-refractivity contribution is 6.26. The molecule has 1 aliphatic heterocycles. The van der Waals surface area contributed by atoms with Gasteiger partial charge in [0.25, 0.3) is 5.91 Å². The number of nitrogens with zero attached hydrogens (tertiary/aromatic N) is 1. The van der Waals surface area contributed by atoms with Crippen molar-refractivity contribution in [1.29, 1.82) is 0 Å². The maximum atomic E-state index is 12.5. The molecule has 1 aromatic carbocycles. The molecule has 1 aliphatic rings. The number of amides is 2. The molecule has 1 fully saturated rings. The highest BCUT2D eigenvalue weighted by Gasteiger charge is 2.52. The van der Waals surface area contributed by atoms with E-state index >= 15 is 0 Å². The zero-order valence-electron chi connectivity index (χ0n) is 12.7. The molecule has 8 nitrogen and oxygen atoms in total. The van der Waals surface area contributed by atoms with E-state index in [0.29, 0.717) is 10.6 Å². The van der Waals surface area contributed by atoms with Crippen LogP contribution in [0.4, 0.5) is 0 Å². The molecule has 1 aromatic rings. The molecule has 0 radical (unpaired) electrons. The Labute approximate surface area is 142 Å². The van der Waals surface area contributed by atoms with Gasteiger partial charge in [-0.25, -0.2) is 9.59 Å². The summed E-state index contributed by atoms with van der Waals surface area (Å²) in [6.45, 7) is 0. The standard InChI is InChI=1S/C15H15ClN2O6/c1-23-15(22)12-13(14(21)17-12)18(24-11(20)8-16)10(19)7-9-5-3-2-4-6-9/h2-6,12-13H,7-8H2,1H3,(H,17,21). The van der Waals surface area contributed by atoms with E-state index in [2.05, 4.69) is 10.1 Å². The average molecular weight is 355 g/mol. The number of hydroxylamine groups is 2. The molecule has 0 aromatic heterocycles. The van der Waals surface area contributed by atoms with Gasteiger partial charge in [-0.2, -0.15) is 5.06 Å². The first-order valence-corrected chi connectivity index (χ1v) is 7.52. The first-order chi connectivity index (χ1) is 11.5. The Morgan fingerprint density at radius 1 is 1.25 bits per heavy atom. The van der Waals surface area contributed by atoms with Crippen molar-refractivity contribution >= 4 is 35.4 Å². The number of rotatable bonds is 5. The van der Waals surface area contributed by atoms with Crippen LogP contribution in [0.15, 0.2) is 30.3 Å². The molecule has 9 heteroatoms. The molecule has 2 amide bonds. The number of β-lactam (4-membered cyclic amide) rings is 1. The lowest BCUT2D eigenvalue weighted by Crippen LogP contribution is -2.73. The fourth-order valence-corrected chi connectivity index (χ4v) is 2.22. The topological polar surface area (TPSA) is 102 Å². The van der Waals surface area contributed by atoms with Gasteiger partial charge >= 0.3 is 11.9 Å². The Morgan fingerprint density at radius 3 is 2.46 bits per heavy atom. The van der Waals surface area contributed by atoms with Crippen molar-refractivity contribution < 1.29 is 28.8 Å². The number of alkyl halides is 1. The highest BCUT2D eigenvalue weighted by atomic mass is 35.5. The summed E-state index contributed by atoms with van der Waals surface area (Å²) in [5, 5.41) is 2.90. The Bertz CT molecular complexity index is 651. The molecule has 0 saturated carbocycles. The number of methoxy groups -OCH3 is 1. The fraction of sp³-hybridized carbons (Fsp3) is 0.333. The van der Waals surface area contributed by atoms with E-state index in [0.717, 1.165) is 7.11 Å². The lowest BCUT2D eigenvalue weighted by molar-refractivity contribution is -0.215. The van der Waals surface area contributed by atoms with Gasteiger partial charge in [-0.3, -0.25) is 9.59 Å². The summed E-state index contributed by atoms with van der Waals surface area (Å²) in [6, 6.07) is 6.28. The van der Waals surface area contributed by atoms with E-state index < -0.39 is 41.7 Å². The van der Waals surface area contributed by atoms with Crippen molar-refractivity contribution in [2.24, 2.45) is 0 Å². The summed E-state index contributed by atoms with van der Waals surface area (Å²) in [6.07, 6.45) is -0.117. The smallest absolute Gasteiger partial charge is 0.347 e. The van der Waals surface area contributed by atoms with E-state index in [4.69, 9.17) is 16.4 Å². The third kappa shape index (κ3) is 3.83. The van der Waals surface area contributed by atoms with Gasteiger partial charge in [-0.05, 0) is 5.56 Å². The van der Waals surface area contributed by atoms with Gasteiger partial charge in [-0.1, -0.05) is 30.3 Å². The Morgan fingerprint density at radius 2 is 1.92 bits per heavy atom. The van der Waals surface area contributed by atoms with Gasteiger partial charge in [0.05, 0.1) is 13.5 Å². The fourth-order valence-electron chi connectivity index (χ4n) is 2.17. The summed E-state index contributed by atoms with van der Waals surface area (Å²) in [7, 11) is 1.14. The number of esters is 1. The van der Waals surface area contributed by atoms with Crippen molar-refractivity contribution in [3.63, 3.8) is 0 Å². The van der Waals surface area contributed by atoms with Crippen molar-refractivity contribution in [3.8, 4) is 0 Å². The van der Waals surface area contributed by atoms with Gasteiger partial charge in [0.1, 0.15) is 5.88 Å². The molecule has 2 atom stereocenters. The van der Waals surface area contributed by atoms with E-state index in [1.54, 1.807) is 30.3 Å². The molecular weight excluding hydrogens is 340 g/mol. The molecule has 1 heterocycles. The third-order valence-corrected chi connectivity index (χ3v) is 3.56. The molecule has 1 saturated heterocycles. The van der Waals surface area contributed by atoms with Gasteiger partial charge in [0.2, 0.25) is 5.91 Å². The number of carbonyl (C=O) groups excluding carboxylic acids is 4. The van der Waals surface area contributed by atoms with E-state index in [1.165, 1.54) is 0 Å². The number of ether oxygens (including phenoxy) is 1. The van der Waals surface area contributed by atoms with Gasteiger partial charge < -0.3 is 14.9 Å². The third-order valence-electron chi connectivity index (χ3n) is 3.34. The van der Waals surface area contributed by atoms with Crippen molar-refractivity contribution in [3.05, 3.63) is 35.9 Å². The molecule has 0 bridgehead atoms. The van der Waals surface area contributed by atoms with Crippen LogP contribution in [-0.2, 0) is 35.2 Å². The Balaban J connectivity index is 2.20. The Kier molecular flexibility index (Phi) is 5.75. The molecule has 128 valence electrons. The van der Waals surface area contributed by atoms with Crippen LogP contribution in [0.3, 0.4) is 0 Å². The van der Waals surface area contributed by atoms with Crippen LogP contribution in [0.2, 0.25) is 0 Å². The van der Waals surface area contributed by atoms with Gasteiger partial charge in [0, 0.05) is 0 Å². The van der Waals surface area contributed by atoms with Gasteiger partial charge in [0.15, 0.2) is 12.1 Å². The van der Waals surface area contributed by atoms with Crippen LogP contribution in [0.25, 0.3) is 0 Å². The first kappa shape index (κ1) is 17.7. The van der Waals surface area contributed by atoms with Crippen LogP contribution >= 0.6 is 11.6 Å². The number of hydrogen-bond donors (Lipinski definition) is 1. The van der Waals surface area contributed by atoms with E-state index in [1.807, 2.05) is 0 Å². The molecule has 2 unspecified atom stereocenters. The second kappa shape index (κ2) is 7.78. The lowest BCUT2D eigenvalue weighted by atomic mass is 9.98. The maximum absolute atomic E-state index is 12.5. The minimum Gasteiger partial charge on any atom is -0.467 e. The van der Waals surface area contributed by atoms with Crippen LogP contribution in [0.5, 0.6) is 0 Å². The number of hydrogen-bond acceptors (Lipinski definition) is 6. The van der Waals surface area contributed by atoms with Crippen LogP contribution in [-0.4, -0.2) is 53.9 Å². The predicted octanol–water partition coefficient (Wildman–Crippen LogP) is -0.205. The van der Waals surface area contributed by atoms with Crippen LogP contribution in [0.1, 0.15) is 5.56 Å². The monoisotopic (exact) mass is 354 g/mol. The molecule has 0 aliphatic carbocycles. The van der Waals surface area contributed by atoms with Crippen molar-refractivity contribution in [2.45, 2.75) is 18.5 Å². The zero-order valence-corrected chi connectivity index (χ0v) is 13.5. The van der Waals surface area contributed by atoms with Crippen molar-refractivity contribution in [2.75, 3.05) is 13.0 Å². The number of carbonyl (C=O) groups is 4. The summed E-state index contributed by atoms with van der Waals surface area (Å²) in [4.78, 5) is 52.3. The predicted molar refractivity (Wildman–Crippen MR) is 81.5 cm³/mol. The molecular formula is C15H15ClN2O6. The summed E-state index contributed by atoms with van der Waals surface area (Å²) < 4.78 is 4.55. The molecule has 1 N–H and O–H groups in total. The number of nitrogens with one attached hydrogen (secondary N) is 1. The summed E-state index contributed by atoms with van der Waals surface area (Å²) in [5.41, 5.74) is 0.656. The van der Waals surface area contributed by atoms with Crippen molar-refractivity contribution in [1.82, 2.24) is 10.4 Å². The quantitative estimate of drug-likeness (QED) is 0.340. The Hall–Kier alpha value is -2.61. The van der Waals surface area contributed by atoms with E-state index in [-0.39, 0.29) is 6.42 Å². The summed E-state index contributed by atoms with van der Waals surface area (Å²) in [5.74, 6) is -3.46. The maximum Gasteiger partial charge on any atom is 0.347 e. The summed E-state index contributed by atoms with van der Waals surface area (Å²) >= 11 is 5.38. The van der Waals surface area contributed by atoms with E-state index in [9.17, 15) is 19.2 Å². The largest absolute Gasteiger partial charge is 0.467 e. The molecule has 2 rings (SSSR count). The highest BCUT2D eigenvalue weighted by Crippen LogP contribution is 2.18.